The van der Waals surface area contributed by atoms with Gasteiger partial charge in [-0.05, 0) is 0 Å². The summed E-state index contributed by atoms with van der Waals surface area (Å²) in [6, 6.07) is 0. The van der Waals surface area contributed by atoms with Gasteiger partial charge in [0, 0.05) is 13.2 Å². The zero-order valence-electron chi connectivity index (χ0n) is 4.81. The molecule has 0 saturated heterocycles. The minimum atomic E-state index is -1.13. The molecule has 8 heavy (non-hydrogen) atoms. The first-order valence-corrected chi connectivity index (χ1v) is 1.88. The van der Waals surface area contributed by atoms with Crippen molar-refractivity contribution in [2.75, 3.05) is 13.2 Å². The zero-order valence-corrected chi connectivity index (χ0v) is 7.93. The molecule has 0 aliphatic heterocycles. The van der Waals surface area contributed by atoms with E-state index in [9.17, 15) is 9.90 Å². The molecule has 0 heterocycles. The number of hydrogen-bond donors (Lipinski definition) is 2. The van der Waals surface area contributed by atoms with Gasteiger partial charge in [0.2, 0.25) is 0 Å². The van der Waals surface area contributed by atoms with Gasteiger partial charge in [0.05, 0.1) is 5.97 Å². The molecule has 4 nitrogen and oxygen atoms in total. The van der Waals surface area contributed by atoms with Gasteiger partial charge in [-0.1, -0.05) is 0 Å². The van der Waals surface area contributed by atoms with E-state index in [-0.39, 0.29) is 64.6 Å². The van der Waals surface area contributed by atoms with Crippen molar-refractivity contribution in [2.24, 2.45) is 5.73 Å². The van der Waals surface area contributed by atoms with Crippen LogP contribution in [0.1, 0.15) is 0 Å². The first kappa shape index (κ1) is 11.8. The largest absolute Gasteiger partial charge is 1.00 e. The fourth-order valence-electron chi connectivity index (χ4n) is 0.174. The molecule has 0 aliphatic carbocycles. The molecule has 0 aromatic carbocycles. The van der Waals surface area contributed by atoms with Crippen molar-refractivity contribution >= 4 is 5.97 Å². The summed E-state index contributed by atoms with van der Waals surface area (Å²) < 4.78 is 0. The SMILES string of the molecule is NCNCC(=O)[O-].[K+]. The molecule has 0 aromatic rings. The summed E-state index contributed by atoms with van der Waals surface area (Å²) in [6.45, 7) is 0.00444. The van der Waals surface area contributed by atoms with Crippen molar-refractivity contribution < 1.29 is 61.3 Å². The number of carboxylic acids is 1. The number of rotatable bonds is 3. The van der Waals surface area contributed by atoms with Gasteiger partial charge in [0.25, 0.3) is 0 Å². The molecule has 5 heteroatoms. The molecule has 42 valence electrons. The van der Waals surface area contributed by atoms with Crippen LogP contribution in [-0.2, 0) is 4.79 Å². The number of carbonyl (C=O) groups is 1. The van der Waals surface area contributed by atoms with Crippen molar-refractivity contribution in [2.45, 2.75) is 0 Å². The fraction of sp³-hybridized carbons (Fsp3) is 0.667. The Morgan fingerprint density at radius 3 is 2.38 bits per heavy atom. The number of nitrogens with one attached hydrogen (secondary N) is 1. The van der Waals surface area contributed by atoms with Gasteiger partial charge < -0.3 is 15.6 Å². The van der Waals surface area contributed by atoms with E-state index in [1.807, 2.05) is 0 Å². The summed E-state index contributed by atoms with van der Waals surface area (Å²) in [6.07, 6.45) is 0. The van der Waals surface area contributed by atoms with Crippen LogP contribution in [0.3, 0.4) is 0 Å². The molecule has 0 radical (unpaired) electrons. The third kappa shape index (κ3) is 10.1. The second-order valence-electron chi connectivity index (χ2n) is 1.00. The average molecular weight is 142 g/mol. The van der Waals surface area contributed by atoms with Crippen LogP contribution in [0.15, 0.2) is 0 Å². The summed E-state index contributed by atoms with van der Waals surface area (Å²) in [7, 11) is 0. The van der Waals surface area contributed by atoms with E-state index in [0.29, 0.717) is 0 Å². The maximum Gasteiger partial charge on any atom is 1.00 e. The number of carbonyl (C=O) groups excluding carboxylic acids is 1. The predicted octanol–water partition coefficient (Wildman–Crippen LogP) is -5.75. The maximum absolute atomic E-state index is 9.53. The van der Waals surface area contributed by atoms with Crippen LogP contribution in [0.25, 0.3) is 0 Å². The van der Waals surface area contributed by atoms with E-state index in [2.05, 4.69) is 5.32 Å². The molecule has 0 atom stereocenters. The number of carboxylic acid groups (broad SMARTS) is 1. The standard InChI is InChI=1S/C3H8N2O2.K/c4-2-5-1-3(6)7;/h5H,1-2,4H2,(H,6,7);/q;+1/p-1. The average Bonchev–Trinajstić information content (AvgIpc) is 1.61. The van der Waals surface area contributed by atoms with Gasteiger partial charge in [-0.3, -0.25) is 5.32 Å². The van der Waals surface area contributed by atoms with E-state index >= 15 is 0 Å². The molecule has 3 N–H and O–H groups in total. The Morgan fingerprint density at radius 1 is 1.75 bits per heavy atom. The third-order valence-electron chi connectivity index (χ3n) is 0.414. The van der Waals surface area contributed by atoms with Crippen LogP contribution in [0.5, 0.6) is 0 Å². The van der Waals surface area contributed by atoms with E-state index < -0.39 is 5.97 Å². The Morgan fingerprint density at radius 2 is 2.25 bits per heavy atom. The van der Waals surface area contributed by atoms with Crippen LogP contribution in [0.2, 0.25) is 0 Å². The topological polar surface area (TPSA) is 78.2 Å². The molecular weight excluding hydrogens is 135 g/mol. The Hall–Kier alpha value is 1.03. The van der Waals surface area contributed by atoms with Crippen LogP contribution in [0.4, 0.5) is 0 Å². The van der Waals surface area contributed by atoms with E-state index in [1.54, 1.807) is 0 Å². The summed E-state index contributed by atoms with van der Waals surface area (Å²) in [5.41, 5.74) is 4.87. The van der Waals surface area contributed by atoms with E-state index in [0.717, 1.165) is 0 Å². The van der Waals surface area contributed by atoms with Gasteiger partial charge in [-0.2, -0.15) is 0 Å². The van der Waals surface area contributed by atoms with Crippen LogP contribution >= 0.6 is 0 Å². The summed E-state index contributed by atoms with van der Waals surface area (Å²) >= 11 is 0. The molecule has 0 unspecified atom stereocenters. The summed E-state index contributed by atoms with van der Waals surface area (Å²) in [5.74, 6) is -1.13. The minimum Gasteiger partial charge on any atom is -0.549 e. The van der Waals surface area contributed by atoms with Crippen LogP contribution in [-0.4, -0.2) is 19.2 Å². The van der Waals surface area contributed by atoms with Crippen molar-refractivity contribution in [1.82, 2.24) is 5.32 Å². The monoisotopic (exact) mass is 142 g/mol. The Balaban J connectivity index is 0. The minimum absolute atomic E-state index is 0. The number of hydrogen-bond acceptors (Lipinski definition) is 4. The third-order valence-corrected chi connectivity index (χ3v) is 0.414. The molecule has 0 bridgehead atoms. The van der Waals surface area contributed by atoms with Gasteiger partial charge in [-0.15, -0.1) is 0 Å². The number of nitrogens with two attached hydrogens (primary N) is 1. The van der Waals surface area contributed by atoms with Gasteiger partial charge >= 0.3 is 51.4 Å². The normalized spacial score (nSPS) is 7.62. The Kier molecular flexibility index (Phi) is 11.8. The van der Waals surface area contributed by atoms with E-state index in [1.165, 1.54) is 0 Å². The molecule has 0 fully saturated rings. The van der Waals surface area contributed by atoms with Crippen molar-refractivity contribution in [3.05, 3.63) is 0 Å². The molecule has 0 rings (SSSR count). The number of aliphatic carboxylic acids is 1. The second kappa shape index (κ2) is 8.03. The second-order valence-corrected chi connectivity index (χ2v) is 1.00. The van der Waals surface area contributed by atoms with Gasteiger partial charge in [0.15, 0.2) is 0 Å². The quantitative estimate of drug-likeness (QED) is 0.304. The van der Waals surface area contributed by atoms with Crippen molar-refractivity contribution in [3.8, 4) is 0 Å². The first-order chi connectivity index (χ1) is 3.27. The van der Waals surface area contributed by atoms with Gasteiger partial charge in [-0.25, -0.2) is 0 Å². The van der Waals surface area contributed by atoms with E-state index in [4.69, 9.17) is 5.73 Å². The molecule has 0 aliphatic rings. The molecule has 0 aromatic heterocycles. The Labute approximate surface area is 90.2 Å². The fourth-order valence-corrected chi connectivity index (χ4v) is 0.174. The first-order valence-electron chi connectivity index (χ1n) is 1.88. The van der Waals surface area contributed by atoms with Gasteiger partial charge in [0.1, 0.15) is 0 Å². The smallest absolute Gasteiger partial charge is 0.549 e. The van der Waals surface area contributed by atoms with Crippen LogP contribution in [0, 0.1) is 0 Å². The Bertz CT molecular complexity index is 68.3. The molecule has 0 saturated carbocycles. The molecular formula is C3H7KN2O2. The zero-order chi connectivity index (χ0) is 5.70. The maximum atomic E-state index is 9.53. The summed E-state index contributed by atoms with van der Waals surface area (Å²) in [5, 5.41) is 11.9. The summed E-state index contributed by atoms with van der Waals surface area (Å²) in [4.78, 5) is 9.53. The molecule has 0 amide bonds. The van der Waals surface area contributed by atoms with Crippen LogP contribution < -0.4 is 67.5 Å². The van der Waals surface area contributed by atoms with Crippen molar-refractivity contribution in [3.63, 3.8) is 0 Å². The van der Waals surface area contributed by atoms with Crippen molar-refractivity contribution in [1.29, 1.82) is 0 Å². The molecule has 0 spiro atoms. The predicted molar refractivity (Wildman–Crippen MR) is 22.1 cm³/mol.